The fraction of sp³-hybridized carbons (Fsp3) is 0.167. The van der Waals surface area contributed by atoms with Crippen LogP contribution in [0.1, 0.15) is 18.1 Å². The number of aromatic nitrogens is 3. The van der Waals surface area contributed by atoms with Crippen molar-refractivity contribution in [1.29, 1.82) is 0 Å². The third-order valence-electron chi connectivity index (χ3n) is 3.52. The number of carbonyl (C=O) groups is 1. The van der Waals surface area contributed by atoms with Crippen LogP contribution < -0.4 is 4.74 Å². The maximum absolute atomic E-state index is 12.3. The summed E-state index contributed by atoms with van der Waals surface area (Å²) in [5.74, 6) is 0.159. The maximum atomic E-state index is 12.3. The van der Waals surface area contributed by atoms with Gasteiger partial charge < -0.3 is 9.47 Å². The van der Waals surface area contributed by atoms with Crippen LogP contribution in [-0.2, 0) is 9.53 Å². The number of nitrogens with zero attached hydrogens (tertiary/aromatic N) is 2. The molecule has 0 radical (unpaired) electrons. The summed E-state index contributed by atoms with van der Waals surface area (Å²) in [5, 5.41) is 7.88. The number of rotatable bonds is 5. The molecule has 2 aromatic heterocycles. The van der Waals surface area contributed by atoms with Crippen molar-refractivity contribution in [2.24, 2.45) is 0 Å². The molecule has 3 aromatic rings. The summed E-state index contributed by atoms with van der Waals surface area (Å²) in [6.07, 6.45) is 5.08. The lowest BCUT2D eigenvalue weighted by Crippen LogP contribution is -2.07. The van der Waals surface area contributed by atoms with Crippen molar-refractivity contribution in [1.82, 2.24) is 15.2 Å². The molecule has 0 amide bonds. The van der Waals surface area contributed by atoms with Gasteiger partial charge in [-0.2, -0.15) is 0 Å². The number of carbonyl (C=O) groups excluding carboxylic acids is 1. The van der Waals surface area contributed by atoms with E-state index in [2.05, 4.69) is 15.2 Å². The molecule has 24 heavy (non-hydrogen) atoms. The van der Waals surface area contributed by atoms with E-state index in [4.69, 9.17) is 9.47 Å². The minimum atomic E-state index is -0.382. The van der Waals surface area contributed by atoms with Crippen LogP contribution in [0.4, 0.5) is 0 Å². The van der Waals surface area contributed by atoms with Crippen LogP contribution in [0.3, 0.4) is 0 Å². The van der Waals surface area contributed by atoms with E-state index in [1.807, 2.05) is 24.3 Å². The molecule has 0 spiro atoms. The Hall–Kier alpha value is -3.15. The molecule has 0 aliphatic carbocycles. The first-order valence-electron chi connectivity index (χ1n) is 7.54. The normalized spacial score (nSPS) is 11.5. The lowest BCUT2D eigenvalue weighted by Gasteiger charge is -2.07. The minimum Gasteiger partial charge on any atom is -0.480 e. The average Bonchev–Trinajstić information content (AvgIpc) is 3.03. The van der Waals surface area contributed by atoms with E-state index < -0.39 is 0 Å². The molecule has 1 aromatic carbocycles. The Bertz CT molecular complexity index is 885. The van der Waals surface area contributed by atoms with Gasteiger partial charge in [-0.15, -0.1) is 5.10 Å². The summed E-state index contributed by atoms with van der Waals surface area (Å²) >= 11 is 0. The van der Waals surface area contributed by atoms with E-state index in [-0.39, 0.29) is 5.97 Å². The maximum Gasteiger partial charge on any atom is 0.338 e. The van der Waals surface area contributed by atoms with E-state index in [0.717, 1.165) is 16.5 Å². The van der Waals surface area contributed by atoms with E-state index in [9.17, 15) is 4.79 Å². The second kappa shape index (κ2) is 6.95. The van der Waals surface area contributed by atoms with Crippen LogP contribution in [0.15, 0.2) is 42.7 Å². The number of esters is 1. The highest BCUT2D eigenvalue weighted by Crippen LogP contribution is 2.25. The zero-order chi connectivity index (χ0) is 16.9. The number of ether oxygens (including phenoxy) is 2. The topological polar surface area (TPSA) is 77.1 Å². The molecule has 0 aliphatic rings. The molecule has 6 heteroatoms. The Morgan fingerprint density at radius 1 is 1.33 bits per heavy atom. The van der Waals surface area contributed by atoms with E-state index in [1.165, 1.54) is 0 Å². The molecular weight excluding hydrogens is 306 g/mol. The highest BCUT2D eigenvalue weighted by atomic mass is 16.5. The van der Waals surface area contributed by atoms with Gasteiger partial charge in [-0.1, -0.05) is 12.1 Å². The molecule has 1 N–H and O–H groups in total. The first kappa shape index (κ1) is 15.7. The zero-order valence-electron chi connectivity index (χ0n) is 13.4. The standard InChI is InChI=1S/C18H17N3O3/c1-3-24-18(22)15(13-5-4-8-19-11-13)9-12-6-7-14-16(10-12)20-21-17(14)23-2/h4-11H,3H2,1-2H3,(H,20,21). The Kier molecular flexibility index (Phi) is 4.56. The fourth-order valence-electron chi connectivity index (χ4n) is 2.42. The summed E-state index contributed by atoms with van der Waals surface area (Å²) in [4.78, 5) is 16.4. The third kappa shape index (κ3) is 3.12. The van der Waals surface area contributed by atoms with Gasteiger partial charge in [0, 0.05) is 18.0 Å². The lowest BCUT2D eigenvalue weighted by atomic mass is 10.0. The van der Waals surface area contributed by atoms with Crippen molar-refractivity contribution in [2.75, 3.05) is 13.7 Å². The molecule has 0 fully saturated rings. The fourth-order valence-corrected chi connectivity index (χ4v) is 2.42. The number of nitrogens with one attached hydrogen (secondary N) is 1. The van der Waals surface area contributed by atoms with Crippen molar-refractivity contribution < 1.29 is 14.3 Å². The molecule has 122 valence electrons. The van der Waals surface area contributed by atoms with Crippen LogP contribution >= 0.6 is 0 Å². The molecule has 0 unspecified atom stereocenters. The van der Waals surface area contributed by atoms with Crippen LogP contribution in [0.25, 0.3) is 22.6 Å². The van der Waals surface area contributed by atoms with Gasteiger partial charge in [0.15, 0.2) is 0 Å². The largest absolute Gasteiger partial charge is 0.480 e. The Morgan fingerprint density at radius 3 is 2.92 bits per heavy atom. The van der Waals surface area contributed by atoms with Gasteiger partial charge >= 0.3 is 5.97 Å². The Morgan fingerprint density at radius 2 is 2.21 bits per heavy atom. The lowest BCUT2D eigenvalue weighted by molar-refractivity contribution is -0.136. The van der Waals surface area contributed by atoms with Gasteiger partial charge in [-0.05, 0) is 36.8 Å². The molecule has 6 nitrogen and oxygen atoms in total. The minimum absolute atomic E-state index is 0.313. The second-order valence-corrected chi connectivity index (χ2v) is 5.06. The molecule has 0 saturated heterocycles. The Balaban J connectivity index is 2.05. The van der Waals surface area contributed by atoms with Crippen LogP contribution in [0.5, 0.6) is 5.88 Å². The quantitative estimate of drug-likeness (QED) is 0.577. The monoisotopic (exact) mass is 323 g/mol. The number of benzene rings is 1. The first-order chi connectivity index (χ1) is 11.7. The highest BCUT2D eigenvalue weighted by Gasteiger charge is 2.14. The molecular formula is C18H17N3O3. The predicted molar refractivity (Wildman–Crippen MR) is 91.4 cm³/mol. The van der Waals surface area contributed by atoms with E-state index in [1.54, 1.807) is 38.6 Å². The molecule has 0 bridgehead atoms. The van der Waals surface area contributed by atoms with E-state index >= 15 is 0 Å². The van der Waals surface area contributed by atoms with Crippen molar-refractivity contribution >= 4 is 28.5 Å². The van der Waals surface area contributed by atoms with Crippen molar-refractivity contribution in [3.63, 3.8) is 0 Å². The highest BCUT2D eigenvalue weighted by molar-refractivity contribution is 6.21. The average molecular weight is 323 g/mol. The Labute approximate surface area is 139 Å². The van der Waals surface area contributed by atoms with E-state index in [0.29, 0.717) is 23.6 Å². The van der Waals surface area contributed by atoms with Crippen LogP contribution in [0.2, 0.25) is 0 Å². The van der Waals surface area contributed by atoms with Gasteiger partial charge in [0.1, 0.15) is 0 Å². The molecule has 0 aliphatic heterocycles. The summed E-state index contributed by atoms with van der Waals surface area (Å²) in [6.45, 7) is 2.09. The van der Waals surface area contributed by atoms with Crippen molar-refractivity contribution in [3.05, 3.63) is 53.9 Å². The molecule has 2 heterocycles. The van der Waals surface area contributed by atoms with Crippen LogP contribution in [-0.4, -0.2) is 34.9 Å². The number of hydrogen-bond donors (Lipinski definition) is 1. The SMILES string of the molecule is CCOC(=O)C(=Cc1ccc2c(OC)n[nH]c2c1)c1cccnc1. The zero-order valence-corrected chi connectivity index (χ0v) is 13.4. The molecule has 3 rings (SSSR count). The first-order valence-corrected chi connectivity index (χ1v) is 7.54. The number of methoxy groups -OCH3 is 1. The molecule has 0 atom stereocenters. The van der Waals surface area contributed by atoms with Crippen molar-refractivity contribution in [3.8, 4) is 5.88 Å². The van der Waals surface area contributed by atoms with Gasteiger partial charge in [0.2, 0.25) is 5.88 Å². The third-order valence-corrected chi connectivity index (χ3v) is 3.52. The van der Waals surface area contributed by atoms with Gasteiger partial charge in [0.25, 0.3) is 0 Å². The van der Waals surface area contributed by atoms with Gasteiger partial charge in [-0.3, -0.25) is 10.1 Å². The summed E-state index contributed by atoms with van der Waals surface area (Å²) in [7, 11) is 1.57. The van der Waals surface area contributed by atoms with Crippen LogP contribution in [0, 0.1) is 0 Å². The summed E-state index contributed by atoms with van der Waals surface area (Å²) < 4.78 is 10.4. The van der Waals surface area contributed by atoms with Gasteiger partial charge in [-0.25, -0.2) is 4.79 Å². The smallest absolute Gasteiger partial charge is 0.338 e. The predicted octanol–water partition coefficient (Wildman–Crippen LogP) is 3.07. The number of hydrogen-bond acceptors (Lipinski definition) is 5. The number of aromatic amines is 1. The van der Waals surface area contributed by atoms with Crippen molar-refractivity contribution in [2.45, 2.75) is 6.92 Å². The second-order valence-electron chi connectivity index (χ2n) is 5.06. The van der Waals surface area contributed by atoms with Gasteiger partial charge in [0.05, 0.1) is 30.2 Å². The summed E-state index contributed by atoms with van der Waals surface area (Å²) in [5.41, 5.74) is 2.84. The summed E-state index contributed by atoms with van der Waals surface area (Å²) in [6, 6.07) is 9.31. The number of fused-ring (bicyclic) bond motifs is 1. The molecule has 0 saturated carbocycles. The number of H-pyrrole nitrogens is 1. The number of pyridine rings is 1.